The van der Waals surface area contributed by atoms with Crippen LogP contribution in [0.4, 0.5) is 0 Å². The van der Waals surface area contributed by atoms with Gasteiger partial charge in [0.1, 0.15) is 6.10 Å². The van der Waals surface area contributed by atoms with Gasteiger partial charge in [0.15, 0.2) is 0 Å². The Balaban J connectivity index is 1.95. The second-order valence-corrected chi connectivity index (χ2v) is 4.87. The molecule has 0 unspecified atom stereocenters. The van der Waals surface area contributed by atoms with Crippen molar-refractivity contribution in [2.45, 2.75) is 32.4 Å². The molecule has 1 N–H and O–H groups in total. The summed E-state index contributed by atoms with van der Waals surface area (Å²) in [5, 5.41) is 3.32. The fourth-order valence-electron chi connectivity index (χ4n) is 2.19. The molecule has 0 spiro atoms. The molecule has 0 aromatic carbocycles. The smallest absolute Gasteiger partial charge is 0.218 e. The number of hydrogen-bond acceptors (Lipinski definition) is 4. The summed E-state index contributed by atoms with van der Waals surface area (Å²) in [6, 6.07) is 4.05. The molecule has 18 heavy (non-hydrogen) atoms. The minimum Gasteiger partial charge on any atom is -0.474 e. The van der Waals surface area contributed by atoms with E-state index in [9.17, 15) is 0 Å². The molecule has 1 aliphatic heterocycles. The number of piperidine rings is 1. The first-order valence-electron chi connectivity index (χ1n) is 6.79. The summed E-state index contributed by atoms with van der Waals surface area (Å²) in [4.78, 5) is 6.71. The molecule has 1 fully saturated rings. The quantitative estimate of drug-likeness (QED) is 0.861. The molecule has 1 aromatic rings. The molecule has 0 aliphatic carbocycles. The average Bonchev–Trinajstić information content (AvgIpc) is 2.40. The maximum Gasteiger partial charge on any atom is 0.218 e. The van der Waals surface area contributed by atoms with Crippen LogP contribution in [0.15, 0.2) is 18.3 Å². The van der Waals surface area contributed by atoms with Crippen molar-refractivity contribution in [1.29, 1.82) is 0 Å². The zero-order valence-electron chi connectivity index (χ0n) is 11.4. The lowest BCUT2D eigenvalue weighted by Crippen LogP contribution is -2.36. The van der Waals surface area contributed by atoms with Crippen LogP contribution < -0.4 is 10.1 Å². The van der Waals surface area contributed by atoms with Crippen LogP contribution in [-0.2, 0) is 6.54 Å². The number of likely N-dealkylation sites (tertiary alicyclic amines) is 1. The van der Waals surface area contributed by atoms with Crippen LogP contribution in [0, 0.1) is 0 Å². The molecular weight excluding hydrogens is 226 g/mol. The third-order valence-corrected chi connectivity index (χ3v) is 3.36. The molecule has 100 valence electrons. The summed E-state index contributed by atoms with van der Waals surface area (Å²) >= 11 is 0. The van der Waals surface area contributed by atoms with Crippen molar-refractivity contribution >= 4 is 0 Å². The molecule has 1 saturated heterocycles. The minimum absolute atomic E-state index is 0.316. The molecule has 2 rings (SSSR count). The van der Waals surface area contributed by atoms with Gasteiger partial charge in [-0.25, -0.2) is 4.98 Å². The van der Waals surface area contributed by atoms with Crippen molar-refractivity contribution in [2.24, 2.45) is 0 Å². The Hall–Kier alpha value is -1.13. The van der Waals surface area contributed by atoms with Gasteiger partial charge >= 0.3 is 0 Å². The van der Waals surface area contributed by atoms with Crippen LogP contribution in [-0.4, -0.2) is 42.7 Å². The van der Waals surface area contributed by atoms with E-state index < -0.39 is 0 Å². The fraction of sp³-hybridized carbons (Fsp3) is 0.643. The highest BCUT2D eigenvalue weighted by atomic mass is 16.5. The van der Waals surface area contributed by atoms with Gasteiger partial charge in [-0.3, -0.25) is 0 Å². The fourth-order valence-corrected chi connectivity index (χ4v) is 2.19. The molecule has 1 aromatic heterocycles. The Labute approximate surface area is 109 Å². The van der Waals surface area contributed by atoms with Gasteiger partial charge in [-0.1, -0.05) is 13.0 Å². The molecule has 1 aliphatic rings. The number of aromatic nitrogens is 1. The number of rotatable bonds is 5. The molecule has 0 bridgehead atoms. The average molecular weight is 249 g/mol. The summed E-state index contributed by atoms with van der Waals surface area (Å²) < 4.78 is 6.05. The molecule has 0 atom stereocenters. The number of ether oxygens (including phenoxy) is 1. The van der Waals surface area contributed by atoms with E-state index in [-0.39, 0.29) is 0 Å². The number of nitrogens with one attached hydrogen (secondary N) is 1. The first kappa shape index (κ1) is 13.3. The molecule has 2 heterocycles. The topological polar surface area (TPSA) is 37.4 Å². The summed E-state index contributed by atoms with van der Waals surface area (Å²) in [6.07, 6.45) is 4.30. The van der Waals surface area contributed by atoms with E-state index in [2.05, 4.69) is 35.2 Å². The highest BCUT2D eigenvalue weighted by Crippen LogP contribution is 2.20. The van der Waals surface area contributed by atoms with Crippen LogP contribution in [0.25, 0.3) is 0 Å². The Morgan fingerprint density at radius 3 is 2.94 bits per heavy atom. The van der Waals surface area contributed by atoms with Gasteiger partial charge in [-0.2, -0.15) is 0 Å². The van der Waals surface area contributed by atoms with E-state index in [0.29, 0.717) is 6.10 Å². The maximum absolute atomic E-state index is 6.05. The second kappa shape index (κ2) is 6.71. The Morgan fingerprint density at radius 1 is 1.44 bits per heavy atom. The van der Waals surface area contributed by atoms with Crippen molar-refractivity contribution < 1.29 is 4.74 Å². The zero-order chi connectivity index (χ0) is 12.8. The minimum atomic E-state index is 0.316. The standard InChI is InChI=1S/C14H23N3O/c1-3-15-11-12-5-4-8-16-14(12)18-13-6-9-17(2)10-7-13/h4-5,8,13,15H,3,6-7,9-11H2,1-2H3. The van der Waals surface area contributed by atoms with Gasteiger partial charge in [0.2, 0.25) is 5.88 Å². The highest BCUT2D eigenvalue weighted by Gasteiger charge is 2.19. The van der Waals surface area contributed by atoms with E-state index in [1.165, 1.54) is 0 Å². The van der Waals surface area contributed by atoms with Crippen molar-refractivity contribution in [3.63, 3.8) is 0 Å². The Morgan fingerprint density at radius 2 is 2.22 bits per heavy atom. The van der Waals surface area contributed by atoms with Crippen LogP contribution in [0.5, 0.6) is 5.88 Å². The third-order valence-electron chi connectivity index (χ3n) is 3.36. The lowest BCUT2D eigenvalue weighted by Gasteiger charge is -2.29. The van der Waals surface area contributed by atoms with E-state index >= 15 is 0 Å². The molecule has 0 amide bonds. The second-order valence-electron chi connectivity index (χ2n) is 4.87. The normalized spacial score (nSPS) is 17.9. The van der Waals surface area contributed by atoms with E-state index in [0.717, 1.165) is 50.5 Å². The van der Waals surface area contributed by atoms with Crippen LogP contribution in [0.3, 0.4) is 0 Å². The predicted molar refractivity (Wildman–Crippen MR) is 72.8 cm³/mol. The largest absolute Gasteiger partial charge is 0.474 e. The van der Waals surface area contributed by atoms with Crippen LogP contribution in [0.1, 0.15) is 25.3 Å². The summed E-state index contributed by atoms with van der Waals surface area (Å²) in [5.41, 5.74) is 1.15. The van der Waals surface area contributed by atoms with E-state index in [1.54, 1.807) is 6.20 Å². The third kappa shape index (κ3) is 3.68. The molecule has 0 radical (unpaired) electrons. The van der Waals surface area contributed by atoms with Crippen molar-refractivity contribution in [1.82, 2.24) is 15.2 Å². The number of hydrogen-bond donors (Lipinski definition) is 1. The van der Waals surface area contributed by atoms with Gasteiger partial charge in [0.25, 0.3) is 0 Å². The van der Waals surface area contributed by atoms with Crippen molar-refractivity contribution in [3.8, 4) is 5.88 Å². The van der Waals surface area contributed by atoms with Gasteiger partial charge in [-0.15, -0.1) is 0 Å². The molecule has 0 saturated carbocycles. The maximum atomic E-state index is 6.05. The predicted octanol–water partition coefficient (Wildman–Crippen LogP) is 1.66. The van der Waals surface area contributed by atoms with Gasteiger partial charge in [-0.05, 0) is 32.5 Å². The SMILES string of the molecule is CCNCc1cccnc1OC1CCN(C)CC1. The summed E-state index contributed by atoms with van der Waals surface area (Å²) in [6.45, 7) is 6.11. The first-order chi connectivity index (χ1) is 8.79. The van der Waals surface area contributed by atoms with Crippen LogP contribution in [0.2, 0.25) is 0 Å². The van der Waals surface area contributed by atoms with E-state index in [1.807, 2.05) is 6.07 Å². The molecular formula is C14H23N3O. The molecule has 4 nitrogen and oxygen atoms in total. The van der Waals surface area contributed by atoms with E-state index in [4.69, 9.17) is 4.74 Å². The summed E-state index contributed by atoms with van der Waals surface area (Å²) in [7, 11) is 2.16. The Kier molecular flexibility index (Phi) is 4.96. The highest BCUT2D eigenvalue weighted by molar-refractivity contribution is 5.25. The van der Waals surface area contributed by atoms with Gasteiger partial charge in [0.05, 0.1) is 0 Å². The summed E-state index contributed by atoms with van der Waals surface area (Å²) in [5.74, 6) is 0.799. The Bertz CT molecular complexity index is 362. The van der Waals surface area contributed by atoms with Crippen molar-refractivity contribution in [3.05, 3.63) is 23.9 Å². The van der Waals surface area contributed by atoms with Crippen LogP contribution >= 0.6 is 0 Å². The monoisotopic (exact) mass is 249 g/mol. The number of nitrogens with zero attached hydrogens (tertiary/aromatic N) is 2. The first-order valence-corrected chi connectivity index (χ1v) is 6.79. The van der Waals surface area contributed by atoms with Crippen molar-refractivity contribution in [2.75, 3.05) is 26.7 Å². The molecule has 4 heteroatoms. The lowest BCUT2D eigenvalue weighted by molar-refractivity contribution is 0.109. The van der Waals surface area contributed by atoms with Gasteiger partial charge < -0.3 is 15.0 Å². The lowest BCUT2D eigenvalue weighted by atomic mass is 10.1. The number of pyridine rings is 1. The zero-order valence-corrected chi connectivity index (χ0v) is 11.4. The van der Waals surface area contributed by atoms with Gasteiger partial charge in [0, 0.05) is 31.4 Å².